The molecule has 3 saturated carbocycles. The van der Waals surface area contributed by atoms with E-state index in [2.05, 4.69) is 15.4 Å². The molecule has 2 amide bonds. The van der Waals surface area contributed by atoms with Gasteiger partial charge in [-0.3, -0.25) is 9.59 Å². The summed E-state index contributed by atoms with van der Waals surface area (Å²) in [5, 5.41) is 15.7. The van der Waals surface area contributed by atoms with Gasteiger partial charge in [-0.05, 0) is 78.2 Å². The molecule has 2 aromatic carbocycles. The molecule has 0 aliphatic heterocycles. The number of fused-ring (bicyclic) bond motifs is 2. The van der Waals surface area contributed by atoms with Gasteiger partial charge >= 0.3 is 12.0 Å². The molecule has 0 saturated heterocycles. The largest absolute Gasteiger partial charge is 0.480 e. The first-order chi connectivity index (χ1) is 20.4. The second-order valence-corrected chi connectivity index (χ2v) is 15.0. The monoisotopic (exact) mass is 609 g/mol. The van der Waals surface area contributed by atoms with Gasteiger partial charge in [0, 0.05) is 24.1 Å². The molecular weight excluding hydrogens is 566 g/mol. The molecular formula is C33H43N3O6S. The quantitative estimate of drug-likeness (QED) is 0.270. The first-order valence-corrected chi connectivity index (χ1v) is 17.0. The molecule has 232 valence electrons. The highest BCUT2D eigenvalue weighted by molar-refractivity contribution is 7.89. The van der Waals surface area contributed by atoms with Gasteiger partial charge in [-0.25, -0.2) is 17.9 Å². The molecule has 5 rings (SSSR count). The highest BCUT2D eigenvalue weighted by Crippen LogP contribution is 2.64. The predicted molar refractivity (Wildman–Crippen MR) is 166 cm³/mol. The molecule has 9 nitrogen and oxygen atoms in total. The lowest BCUT2D eigenvalue weighted by molar-refractivity contribution is -0.138. The summed E-state index contributed by atoms with van der Waals surface area (Å²) in [7, 11) is -4.05. The van der Waals surface area contributed by atoms with Gasteiger partial charge in [-0.1, -0.05) is 69.5 Å². The zero-order valence-corrected chi connectivity index (χ0v) is 25.8. The van der Waals surface area contributed by atoms with Crippen molar-refractivity contribution in [3.8, 4) is 11.1 Å². The molecule has 0 radical (unpaired) electrons. The van der Waals surface area contributed by atoms with Crippen molar-refractivity contribution in [3.63, 3.8) is 0 Å². The van der Waals surface area contributed by atoms with E-state index in [-0.39, 0.29) is 29.9 Å². The number of carboxylic acids is 1. The zero-order valence-electron chi connectivity index (χ0n) is 25.0. The molecule has 3 atom stereocenters. The summed E-state index contributed by atoms with van der Waals surface area (Å²) >= 11 is 0. The van der Waals surface area contributed by atoms with Crippen molar-refractivity contribution in [1.82, 2.24) is 10.0 Å². The summed E-state index contributed by atoms with van der Waals surface area (Å²) in [5.41, 5.74) is 1.68. The van der Waals surface area contributed by atoms with Crippen LogP contribution in [-0.4, -0.2) is 49.6 Å². The van der Waals surface area contributed by atoms with Gasteiger partial charge in [0.15, 0.2) is 0 Å². The second-order valence-electron chi connectivity index (χ2n) is 13.3. The first kappa shape index (κ1) is 31.2. The van der Waals surface area contributed by atoms with Gasteiger partial charge < -0.3 is 15.7 Å². The van der Waals surface area contributed by atoms with E-state index in [0.717, 1.165) is 30.4 Å². The Balaban J connectivity index is 1.20. The van der Waals surface area contributed by atoms with Crippen molar-refractivity contribution < 1.29 is 27.9 Å². The Kier molecular flexibility index (Phi) is 9.00. The molecule has 43 heavy (non-hydrogen) atoms. The lowest BCUT2D eigenvalue weighted by Gasteiger charge is -2.36. The summed E-state index contributed by atoms with van der Waals surface area (Å²) < 4.78 is 28.8. The number of aliphatic carboxylic acids is 1. The number of sulfonamides is 1. The molecule has 2 aromatic rings. The Bertz CT molecular complexity index is 1470. The molecule has 0 spiro atoms. The number of amides is 2. The van der Waals surface area contributed by atoms with Gasteiger partial charge in [0.25, 0.3) is 0 Å². The third-order valence-corrected chi connectivity index (χ3v) is 11.8. The van der Waals surface area contributed by atoms with Crippen LogP contribution in [0.2, 0.25) is 0 Å². The Morgan fingerprint density at radius 3 is 2.35 bits per heavy atom. The number of benzene rings is 2. The van der Waals surface area contributed by atoms with Crippen molar-refractivity contribution in [1.29, 1.82) is 0 Å². The molecule has 0 aromatic heterocycles. The Morgan fingerprint density at radius 2 is 1.72 bits per heavy atom. The average molecular weight is 610 g/mol. The van der Waals surface area contributed by atoms with Gasteiger partial charge in [0.1, 0.15) is 11.8 Å². The van der Waals surface area contributed by atoms with E-state index < -0.39 is 32.9 Å². The van der Waals surface area contributed by atoms with Crippen molar-refractivity contribution in [2.75, 3.05) is 17.6 Å². The number of ketones is 1. The minimum Gasteiger partial charge on any atom is -0.480 e. The molecule has 0 heterocycles. The fourth-order valence-corrected chi connectivity index (χ4v) is 9.55. The minimum absolute atomic E-state index is 0.0269. The van der Waals surface area contributed by atoms with Gasteiger partial charge in [0.05, 0.1) is 5.75 Å². The maximum absolute atomic E-state index is 13.2. The molecule has 1 unspecified atom stereocenters. The number of anilines is 1. The van der Waals surface area contributed by atoms with Crippen molar-refractivity contribution in [2.45, 2.75) is 77.7 Å². The standard InChI is InChI=1S/C33H43N3O6S/c1-32(2)26-15-16-33(32,29(37)19-26)21-43(41,42)36-28(30(38)39)17-22-11-13-24(14-12-22)25-9-6-10-27(18-25)35-31(40)34-20-23-7-4-3-5-8-23/h6,9-14,18,23,26,28,36H,3-5,7-8,15-17,19-21H2,1-2H3,(H,38,39)(H2,34,35,40)/t26-,28?,33-/m1/s1. The summed E-state index contributed by atoms with van der Waals surface area (Å²) in [6.45, 7) is 4.60. The van der Waals surface area contributed by atoms with Crippen LogP contribution in [0.25, 0.3) is 11.1 Å². The first-order valence-electron chi connectivity index (χ1n) is 15.4. The maximum atomic E-state index is 13.2. The molecule has 3 aliphatic carbocycles. The van der Waals surface area contributed by atoms with Gasteiger partial charge in [-0.15, -0.1) is 0 Å². The summed E-state index contributed by atoms with van der Waals surface area (Å²) in [6.07, 6.45) is 7.73. The summed E-state index contributed by atoms with van der Waals surface area (Å²) in [4.78, 5) is 37.4. The van der Waals surface area contributed by atoms with Crippen LogP contribution >= 0.6 is 0 Å². The summed E-state index contributed by atoms with van der Waals surface area (Å²) in [6, 6.07) is 13.2. The van der Waals surface area contributed by atoms with Crippen LogP contribution in [0.15, 0.2) is 48.5 Å². The summed E-state index contributed by atoms with van der Waals surface area (Å²) in [5.74, 6) is -0.968. The molecule has 3 fully saturated rings. The van der Waals surface area contributed by atoms with Crippen LogP contribution in [0.3, 0.4) is 0 Å². The minimum atomic E-state index is -4.05. The van der Waals surface area contributed by atoms with E-state index in [1.165, 1.54) is 19.3 Å². The number of nitrogens with one attached hydrogen (secondary N) is 3. The lowest BCUT2D eigenvalue weighted by Crippen LogP contribution is -2.49. The third kappa shape index (κ3) is 6.80. The van der Waals surface area contributed by atoms with Crippen LogP contribution < -0.4 is 15.4 Å². The Hall–Kier alpha value is -3.24. The number of hydrogen-bond acceptors (Lipinski definition) is 5. The van der Waals surface area contributed by atoms with E-state index in [1.807, 2.05) is 50.2 Å². The smallest absolute Gasteiger partial charge is 0.322 e. The molecule has 4 N–H and O–H groups in total. The Morgan fingerprint density at radius 1 is 1.00 bits per heavy atom. The topological polar surface area (TPSA) is 142 Å². The van der Waals surface area contributed by atoms with E-state index in [1.54, 1.807) is 12.1 Å². The zero-order chi connectivity index (χ0) is 30.8. The third-order valence-electron chi connectivity index (χ3n) is 10.3. The number of hydrogen-bond donors (Lipinski definition) is 4. The molecule has 10 heteroatoms. The van der Waals surface area contributed by atoms with Gasteiger partial charge in [-0.2, -0.15) is 0 Å². The van der Waals surface area contributed by atoms with Gasteiger partial charge in [0.2, 0.25) is 10.0 Å². The van der Waals surface area contributed by atoms with Crippen LogP contribution in [-0.2, 0) is 26.0 Å². The van der Waals surface area contributed by atoms with E-state index in [9.17, 15) is 27.9 Å². The second kappa shape index (κ2) is 12.4. The number of urea groups is 1. The fraction of sp³-hybridized carbons (Fsp3) is 0.545. The SMILES string of the molecule is CC1(C)[C@@H]2CC[C@@]1(CS(=O)(=O)NC(Cc1ccc(-c3cccc(NC(=O)NCC4CCCCC4)c3)cc1)C(=O)O)C(=O)C2. The van der Waals surface area contributed by atoms with E-state index in [0.29, 0.717) is 36.6 Å². The number of rotatable bonds is 11. The number of carbonyl (C=O) groups is 3. The van der Waals surface area contributed by atoms with E-state index >= 15 is 0 Å². The average Bonchev–Trinajstić information content (AvgIpc) is 3.31. The number of carbonyl (C=O) groups excluding carboxylic acids is 2. The van der Waals surface area contributed by atoms with Crippen LogP contribution in [0, 0.1) is 22.7 Å². The molecule has 3 aliphatic rings. The van der Waals surface area contributed by atoms with Crippen LogP contribution in [0.5, 0.6) is 0 Å². The van der Waals surface area contributed by atoms with Crippen LogP contribution in [0.1, 0.15) is 70.8 Å². The normalized spacial score (nSPS) is 24.0. The predicted octanol–water partition coefficient (Wildman–Crippen LogP) is 5.37. The fourth-order valence-electron chi connectivity index (χ4n) is 7.52. The molecule has 2 bridgehead atoms. The van der Waals surface area contributed by atoms with Crippen LogP contribution in [0.4, 0.5) is 10.5 Å². The lowest BCUT2D eigenvalue weighted by atomic mass is 9.70. The highest BCUT2D eigenvalue weighted by atomic mass is 32.2. The van der Waals surface area contributed by atoms with E-state index in [4.69, 9.17) is 0 Å². The maximum Gasteiger partial charge on any atom is 0.322 e. The Labute approximate surface area is 254 Å². The van der Waals surface area contributed by atoms with Crippen molar-refractivity contribution in [3.05, 3.63) is 54.1 Å². The van der Waals surface area contributed by atoms with Crippen molar-refractivity contribution in [2.24, 2.45) is 22.7 Å². The number of Topliss-reactive ketones (excluding diaryl/α,β-unsaturated/α-hetero) is 1. The highest BCUT2D eigenvalue weighted by Gasteiger charge is 2.65. The number of carboxylic acid groups (broad SMARTS) is 1. The van der Waals surface area contributed by atoms with Crippen molar-refractivity contribution >= 4 is 33.5 Å².